The van der Waals surface area contributed by atoms with Crippen LogP contribution in [0, 0.1) is 5.82 Å². The number of halogens is 1. The van der Waals surface area contributed by atoms with Crippen molar-refractivity contribution in [3.8, 4) is 0 Å². The van der Waals surface area contributed by atoms with Crippen LogP contribution in [0.2, 0.25) is 0 Å². The van der Waals surface area contributed by atoms with Gasteiger partial charge in [0.2, 0.25) is 0 Å². The predicted octanol–water partition coefficient (Wildman–Crippen LogP) is 2.19. The Morgan fingerprint density at radius 2 is 2.17 bits per heavy atom. The average molecular weight is 254 g/mol. The Morgan fingerprint density at radius 3 is 2.72 bits per heavy atom. The molecule has 0 fully saturated rings. The van der Waals surface area contributed by atoms with Crippen molar-refractivity contribution in [3.05, 3.63) is 29.6 Å². The zero-order valence-electron chi connectivity index (χ0n) is 11.4. The monoisotopic (exact) mass is 254 g/mol. The molecule has 18 heavy (non-hydrogen) atoms. The van der Waals surface area contributed by atoms with Gasteiger partial charge in [0, 0.05) is 30.9 Å². The lowest BCUT2D eigenvalue weighted by atomic mass is 10.1. The van der Waals surface area contributed by atoms with E-state index in [1.807, 2.05) is 6.07 Å². The van der Waals surface area contributed by atoms with Gasteiger partial charge in [0.05, 0.1) is 6.61 Å². The number of rotatable bonds is 7. The van der Waals surface area contributed by atoms with Crippen molar-refractivity contribution in [2.24, 2.45) is 5.73 Å². The van der Waals surface area contributed by atoms with Crippen LogP contribution in [0.4, 0.5) is 10.1 Å². The number of methoxy groups -OCH3 is 1. The van der Waals surface area contributed by atoms with Gasteiger partial charge >= 0.3 is 0 Å². The molecule has 1 aromatic carbocycles. The average Bonchev–Trinajstić information content (AvgIpc) is 2.34. The van der Waals surface area contributed by atoms with E-state index in [-0.39, 0.29) is 11.9 Å². The van der Waals surface area contributed by atoms with Crippen molar-refractivity contribution in [3.63, 3.8) is 0 Å². The van der Waals surface area contributed by atoms with Gasteiger partial charge in [0.1, 0.15) is 5.82 Å². The molecule has 0 aromatic heterocycles. The number of hydrogen-bond acceptors (Lipinski definition) is 3. The molecule has 1 rings (SSSR count). The molecule has 3 nitrogen and oxygen atoms in total. The van der Waals surface area contributed by atoms with E-state index in [1.165, 1.54) is 6.07 Å². The smallest absolute Gasteiger partial charge is 0.128 e. The van der Waals surface area contributed by atoms with Gasteiger partial charge in [-0.25, -0.2) is 4.39 Å². The lowest BCUT2D eigenvalue weighted by molar-refractivity contribution is 0.182. The van der Waals surface area contributed by atoms with Crippen molar-refractivity contribution >= 4 is 5.69 Å². The highest BCUT2D eigenvalue weighted by molar-refractivity contribution is 5.55. The van der Waals surface area contributed by atoms with Crippen LogP contribution in [-0.4, -0.2) is 32.8 Å². The molecule has 0 saturated carbocycles. The van der Waals surface area contributed by atoms with Gasteiger partial charge in [-0.05, 0) is 38.9 Å². The third kappa shape index (κ3) is 3.43. The maximum absolute atomic E-state index is 13.9. The van der Waals surface area contributed by atoms with E-state index >= 15 is 0 Å². The third-order valence-electron chi connectivity index (χ3n) is 3.08. The van der Waals surface area contributed by atoms with Gasteiger partial charge < -0.3 is 15.4 Å². The van der Waals surface area contributed by atoms with Gasteiger partial charge in [0.25, 0.3) is 0 Å². The topological polar surface area (TPSA) is 38.5 Å². The van der Waals surface area contributed by atoms with Crippen LogP contribution in [0.3, 0.4) is 0 Å². The maximum atomic E-state index is 13.9. The Balaban J connectivity index is 3.08. The number of nitrogens with two attached hydrogens (primary N) is 1. The van der Waals surface area contributed by atoms with Crippen LogP contribution in [0.25, 0.3) is 0 Å². The minimum absolute atomic E-state index is 0.180. The largest absolute Gasteiger partial charge is 0.383 e. The van der Waals surface area contributed by atoms with Crippen LogP contribution in [0.15, 0.2) is 18.2 Å². The molecule has 0 saturated heterocycles. The second-order valence-electron chi connectivity index (χ2n) is 4.37. The molecule has 0 spiro atoms. The second-order valence-corrected chi connectivity index (χ2v) is 4.37. The number of benzene rings is 1. The van der Waals surface area contributed by atoms with Crippen LogP contribution < -0.4 is 10.6 Å². The fourth-order valence-corrected chi connectivity index (χ4v) is 2.26. The lowest BCUT2D eigenvalue weighted by Gasteiger charge is -2.31. The van der Waals surface area contributed by atoms with E-state index in [1.54, 1.807) is 13.2 Å². The Bertz CT molecular complexity index is 371. The highest BCUT2D eigenvalue weighted by atomic mass is 19.1. The number of ether oxygens (including phenoxy) is 1. The number of likely N-dealkylation sites (N-methyl/N-ethyl adjacent to an activating group) is 1. The number of hydrogen-bond donors (Lipinski definition) is 1. The molecular weight excluding hydrogens is 231 g/mol. The van der Waals surface area contributed by atoms with Gasteiger partial charge in [-0.1, -0.05) is 6.07 Å². The summed E-state index contributed by atoms with van der Waals surface area (Å²) in [4.78, 5) is 2.15. The third-order valence-corrected chi connectivity index (χ3v) is 3.08. The first-order valence-electron chi connectivity index (χ1n) is 6.38. The summed E-state index contributed by atoms with van der Waals surface area (Å²) in [5, 5.41) is 0. The van der Waals surface area contributed by atoms with E-state index < -0.39 is 0 Å². The SMILES string of the molecule is CCN(c1cccc(F)c1CCN)C(C)COC. The van der Waals surface area contributed by atoms with E-state index in [0.717, 1.165) is 12.2 Å². The normalized spacial score (nSPS) is 12.5. The summed E-state index contributed by atoms with van der Waals surface area (Å²) < 4.78 is 19.0. The maximum Gasteiger partial charge on any atom is 0.128 e. The second kappa shape index (κ2) is 7.34. The van der Waals surface area contributed by atoms with Gasteiger partial charge in [-0.3, -0.25) is 0 Å². The Morgan fingerprint density at radius 1 is 1.44 bits per heavy atom. The Kier molecular flexibility index (Phi) is 6.09. The molecule has 1 aromatic rings. The van der Waals surface area contributed by atoms with Crippen LogP contribution in [0.5, 0.6) is 0 Å². The first-order valence-corrected chi connectivity index (χ1v) is 6.38. The lowest BCUT2D eigenvalue weighted by Crippen LogP contribution is -2.37. The van der Waals surface area contributed by atoms with Gasteiger partial charge in [0.15, 0.2) is 0 Å². The van der Waals surface area contributed by atoms with E-state index in [4.69, 9.17) is 10.5 Å². The van der Waals surface area contributed by atoms with Crippen LogP contribution >= 0.6 is 0 Å². The van der Waals surface area contributed by atoms with E-state index in [2.05, 4.69) is 18.7 Å². The molecule has 0 bridgehead atoms. The van der Waals surface area contributed by atoms with Gasteiger partial charge in [-0.2, -0.15) is 0 Å². The highest BCUT2D eigenvalue weighted by Gasteiger charge is 2.17. The summed E-state index contributed by atoms with van der Waals surface area (Å²) in [5.74, 6) is -0.180. The van der Waals surface area contributed by atoms with E-state index in [0.29, 0.717) is 25.1 Å². The summed E-state index contributed by atoms with van der Waals surface area (Å²) in [6, 6.07) is 5.39. The molecule has 2 N–H and O–H groups in total. The summed E-state index contributed by atoms with van der Waals surface area (Å²) in [6.45, 7) is 6.01. The van der Waals surface area contributed by atoms with Crippen molar-refractivity contribution in [2.75, 3.05) is 31.7 Å². The summed E-state index contributed by atoms with van der Waals surface area (Å²) in [6.07, 6.45) is 0.554. The van der Waals surface area contributed by atoms with Crippen molar-refractivity contribution in [1.29, 1.82) is 0 Å². The highest BCUT2D eigenvalue weighted by Crippen LogP contribution is 2.25. The predicted molar refractivity (Wildman–Crippen MR) is 73.5 cm³/mol. The molecule has 0 radical (unpaired) electrons. The minimum Gasteiger partial charge on any atom is -0.383 e. The molecule has 4 heteroatoms. The Hall–Kier alpha value is -1.13. The summed E-state index contributed by atoms with van der Waals surface area (Å²) >= 11 is 0. The quantitative estimate of drug-likeness (QED) is 0.810. The standard InChI is InChI=1S/C14H23FN2O/c1-4-17(11(2)10-18-3)14-7-5-6-13(15)12(14)8-9-16/h5-7,11H,4,8-10,16H2,1-3H3. The molecule has 1 atom stereocenters. The van der Waals surface area contributed by atoms with Crippen LogP contribution in [-0.2, 0) is 11.2 Å². The van der Waals surface area contributed by atoms with E-state index in [9.17, 15) is 4.39 Å². The molecule has 0 amide bonds. The van der Waals surface area contributed by atoms with Crippen molar-refractivity contribution < 1.29 is 9.13 Å². The fourth-order valence-electron chi connectivity index (χ4n) is 2.26. The minimum atomic E-state index is -0.180. The summed E-state index contributed by atoms with van der Waals surface area (Å²) in [5.41, 5.74) is 7.19. The first-order chi connectivity index (χ1) is 8.65. The molecule has 0 aliphatic heterocycles. The molecule has 0 aliphatic carbocycles. The fraction of sp³-hybridized carbons (Fsp3) is 0.571. The molecular formula is C14H23FN2O. The molecule has 0 aliphatic rings. The zero-order chi connectivity index (χ0) is 13.5. The zero-order valence-corrected chi connectivity index (χ0v) is 11.4. The van der Waals surface area contributed by atoms with Crippen molar-refractivity contribution in [1.82, 2.24) is 0 Å². The van der Waals surface area contributed by atoms with Crippen LogP contribution in [0.1, 0.15) is 19.4 Å². The van der Waals surface area contributed by atoms with Crippen molar-refractivity contribution in [2.45, 2.75) is 26.3 Å². The van der Waals surface area contributed by atoms with Gasteiger partial charge in [-0.15, -0.1) is 0 Å². The number of anilines is 1. The Labute approximate surface area is 109 Å². The first kappa shape index (κ1) is 14.9. The molecule has 102 valence electrons. The molecule has 1 unspecified atom stereocenters. The summed E-state index contributed by atoms with van der Waals surface area (Å²) in [7, 11) is 1.68. The molecule has 0 heterocycles. The number of nitrogens with zero attached hydrogens (tertiary/aromatic N) is 1.